The van der Waals surface area contributed by atoms with Crippen molar-refractivity contribution < 1.29 is 33.5 Å². The van der Waals surface area contributed by atoms with Gasteiger partial charge < -0.3 is 19.1 Å². The largest absolute Gasteiger partial charge is 0.507 e. The summed E-state index contributed by atoms with van der Waals surface area (Å²) in [7, 11) is 2.85. The van der Waals surface area contributed by atoms with E-state index in [2.05, 4.69) is 5.16 Å². The van der Waals surface area contributed by atoms with Gasteiger partial charge in [0, 0.05) is 11.6 Å². The van der Waals surface area contributed by atoms with Crippen molar-refractivity contribution in [1.29, 1.82) is 0 Å². The molecule has 186 valence electrons. The Balaban J connectivity index is 1.67. The Morgan fingerprint density at radius 2 is 1.62 bits per heavy atom. The highest BCUT2D eigenvalue weighted by atomic mass is 16.5. The van der Waals surface area contributed by atoms with Gasteiger partial charge in [0.2, 0.25) is 0 Å². The van der Waals surface area contributed by atoms with E-state index in [-0.39, 0.29) is 17.2 Å². The molecule has 1 atom stereocenters. The van der Waals surface area contributed by atoms with Gasteiger partial charge in [-0.15, -0.1) is 0 Å². The Labute approximate surface area is 211 Å². The number of carbonyl (C=O) groups is 3. The van der Waals surface area contributed by atoms with Crippen LogP contribution in [0.2, 0.25) is 0 Å². The maximum absolute atomic E-state index is 13.3. The van der Waals surface area contributed by atoms with Gasteiger partial charge in [-0.1, -0.05) is 35.5 Å². The lowest BCUT2D eigenvalue weighted by Gasteiger charge is -2.23. The maximum Gasteiger partial charge on any atom is 0.337 e. The monoisotopic (exact) mass is 498 g/mol. The molecule has 0 aliphatic carbocycles. The molecule has 2 heterocycles. The summed E-state index contributed by atoms with van der Waals surface area (Å²) in [4.78, 5) is 39.6. The van der Waals surface area contributed by atoms with Gasteiger partial charge in [-0.05, 0) is 53.6 Å². The molecule has 1 aromatic heterocycles. The summed E-state index contributed by atoms with van der Waals surface area (Å²) in [6, 6.07) is 17.5. The zero-order valence-corrected chi connectivity index (χ0v) is 20.2. The molecule has 5 rings (SSSR count). The normalized spacial score (nSPS) is 16.8. The van der Waals surface area contributed by atoms with Crippen LogP contribution in [0, 0.1) is 6.92 Å². The number of nitrogens with zero attached hydrogens (tertiary/aromatic N) is 2. The van der Waals surface area contributed by atoms with E-state index in [0.29, 0.717) is 28.2 Å². The molecule has 9 heteroatoms. The van der Waals surface area contributed by atoms with Gasteiger partial charge in [0.15, 0.2) is 5.82 Å². The first kappa shape index (κ1) is 23.8. The molecule has 1 amide bonds. The number of methoxy groups -OCH3 is 2. The lowest BCUT2D eigenvalue weighted by molar-refractivity contribution is -0.132. The number of benzene rings is 3. The van der Waals surface area contributed by atoms with Gasteiger partial charge >= 0.3 is 11.9 Å². The van der Waals surface area contributed by atoms with Gasteiger partial charge in [0.25, 0.3) is 5.78 Å². The number of rotatable bonds is 5. The van der Waals surface area contributed by atoms with Crippen LogP contribution in [-0.2, 0) is 14.3 Å². The van der Waals surface area contributed by atoms with E-state index in [1.165, 1.54) is 30.2 Å². The third-order valence-corrected chi connectivity index (χ3v) is 6.28. The summed E-state index contributed by atoms with van der Waals surface area (Å²) in [6.45, 7) is 1.66. The zero-order chi connectivity index (χ0) is 26.3. The van der Waals surface area contributed by atoms with Gasteiger partial charge in [-0.3, -0.25) is 14.5 Å². The van der Waals surface area contributed by atoms with Crippen LogP contribution in [0.25, 0.3) is 16.5 Å². The summed E-state index contributed by atoms with van der Waals surface area (Å²) in [5, 5.41) is 17.0. The van der Waals surface area contributed by atoms with Crippen LogP contribution in [0.3, 0.4) is 0 Å². The summed E-state index contributed by atoms with van der Waals surface area (Å²) in [5.74, 6) is -1.32. The van der Waals surface area contributed by atoms with Crippen molar-refractivity contribution in [3.05, 3.63) is 94.8 Å². The fourth-order valence-corrected chi connectivity index (χ4v) is 4.42. The number of anilines is 1. The van der Waals surface area contributed by atoms with Crippen LogP contribution >= 0.6 is 0 Å². The second kappa shape index (κ2) is 9.27. The number of amides is 1. The highest BCUT2D eigenvalue weighted by Crippen LogP contribution is 2.42. The average molecular weight is 498 g/mol. The highest BCUT2D eigenvalue weighted by Gasteiger charge is 2.48. The van der Waals surface area contributed by atoms with Crippen molar-refractivity contribution in [2.24, 2.45) is 0 Å². The average Bonchev–Trinajstić information content (AvgIpc) is 3.47. The Kier molecular flexibility index (Phi) is 5.96. The number of hydrogen-bond acceptors (Lipinski definition) is 8. The third kappa shape index (κ3) is 4.10. The number of ketones is 1. The van der Waals surface area contributed by atoms with Crippen molar-refractivity contribution in [2.75, 3.05) is 19.1 Å². The van der Waals surface area contributed by atoms with E-state index < -0.39 is 23.7 Å². The lowest BCUT2D eigenvalue weighted by atomic mass is 9.94. The first-order valence-electron chi connectivity index (χ1n) is 11.3. The zero-order valence-electron chi connectivity index (χ0n) is 20.2. The molecule has 1 unspecified atom stereocenters. The summed E-state index contributed by atoms with van der Waals surface area (Å²) < 4.78 is 15.2. The molecule has 0 bridgehead atoms. The van der Waals surface area contributed by atoms with Gasteiger partial charge in [0.05, 0.1) is 31.4 Å². The first-order chi connectivity index (χ1) is 17.8. The molecular weight excluding hydrogens is 476 g/mol. The molecule has 1 fully saturated rings. The maximum atomic E-state index is 13.3. The second-order valence-corrected chi connectivity index (χ2v) is 8.51. The Bertz CT molecular complexity index is 1580. The summed E-state index contributed by atoms with van der Waals surface area (Å²) in [5.41, 5.74) is 1.04. The number of carbonyl (C=O) groups excluding carboxylic acids is 3. The van der Waals surface area contributed by atoms with Gasteiger partial charge in [-0.25, -0.2) is 4.79 Å². The summed E-state index contributed by atoms with van der Waals surface area (Å²) >= 11 is 0. The number of esters is 1. The Morgan fingerprint density at radius 3 is 2.27 bits per heavy atom. The number of aliphatic hydroxyl groups excluding tert-OH is 1. The highest BCUT2D eigenvalue weighted by molar-refractivity contribution is 6.51. The predicted octanol–water partition coefficient (Wildman–Crippen LogP) is 4.56. The molecule has 0 radical (unpaired) electrons. The molecule has 1 aliphatic heterocycles. The molecule has 3 aromatic carbocycles. The smallest absolute Gasteiger partial charge is 0.337 e. The van der Waals surface area contributed by atoms with Crippen LogP contribution in [-0.4, -0.2) is 42.1 Å². The number of aryl methyl sites for hydroxylation is 1. The number of Topliss-reactive ketones (excluding diaryl/α,β-unsaturated/α-hetero) is 1. The van der Waals surface area contributed by atoms with Crippen LogP contribution in [0.4, 0.5) is 5.82 Å². The van der Waals surface area contributed by atoms with Crippen molar-refractivity contribution >= 4 is 40.0 Å². The standard InChI is InChI=1S/C28H22N2O7/c1-15-12-22(29-37-15)30-24(16-4-6-17(7-5-16)28(34)36-3)23(26(32)27(30)33)25(31)20-9-8-19-14-21(35-2)11-10-18(19)13-20/h4-14,24,31H,1-3H3/b25-23+. The van der Waals surface area contributed by atoms with Crippen molar-refractivity contribution in [3.63, 3.8) is 0 Å². The first-order valence-corrected chi connectivity index (χ1v) is 11.3. The van der Waals surface area contributed by atoms with E-state index in [4.69, 9.17) is 14.0 Å². The second-order valence-electron chi connectivity index (χ2n) is 8.51. The van der Waals surface area contributed by atoms with Crippen LogP contribution < -0.4 is 9.64 Å². The molecule has 1 N–H and O–H groups in total. The van der Waals surface area contributed by atoms with E-state index in [1.807, 2.05) is 12.1 Å². The Hall–Kier alpha value is -4.92. The van der Waals surface area contributed by atoms with Crippen LogP contribution in [0.1, 0.15) is 33.3 Å². The van der Waals surface area contributed by atoms with E-state index in [0.717, 1.165) is 10.8 Å². The number of fused-ring (bicyclic) bond motifs is 1. The minimum absolute atomic E-state index is 0.107. The minimum atomic E-state index is -1.01. The Morgan fingerprint density at radius 1 is 0.946 bits per heavy atom. The molecule has 4 aromatic rings. The number of ether oxygens (including phenoxy) is 2. The fraction of sp³-hybridized carbons (Fsp3) is 0.143. The SMILES string of the molecule is COC(=O)c1ccc(C2/C(=C(\O)c3ccc4cc(OC)ccc4c3)C(=O)C(=O)N2c2cc(C)on2)cc1. The molecule has 1 aliphatic rings. The number of hydrogen-bond donors (Lipinski definition) is 1. The molecule has 0 spiro atoms. The molecule has 0 saturated carbocycles. The molecule has 9 nitrogen and oxygen atoms in total. The van der Waals surface area contributed by atoms with Crippen LogP contribution in [0.5, 0.6) is 5.75 Å². The quantitative estimate of drug-likeness (QED) is 0.184. The van der Waals surface area contributed by atoms with E-state index in [9.17, 15) is 19.5 Å². The van der Waals surface area contributed by atoms with Crippen molar-refractivity contribution in [3.8, 4) is 5.75 Å². The fourth-order valence-electron chi connectivity index (χ4n) is 4.42. The predicted molar refractivity (Wildman–Crippen MR) is 134 cm³/mol. The van der Waals surface area contributed by atoms with Crippen molar-refractivity contribution in [2.45, 2.75) is 13.0 Å². The van der Waals surface area contributed by atoms with Gasteiger partial charge in [-0.2, -0.15) is 0 Å². The molecule has 1 saturated heterocycles. The minimum Gasteiger partial charge on any atom is -0.507 e. The number of aliphatic hydroxyl groups is 1. The van der Waals surface area contributed by atoms with E-state index >= 15 is 0 Å². The summed E-state index contributed by atoms with van der Waals surface area (Å²) in [6.07, 6.45) is 0. The van der Waals surface area contributed by atoms with Gasteiger partial charge in [0.1, 0.15) is 17.3 Å². The van der Waals surface area contributed by atoms with E-state index in [1.54, 1.807) is 50.4 Å². The number of aromatic nitrogens is 1. The topological polar surface area (TPSA) is 119 Å². The molecule has 37 heavy (non-hydrogen) atoms. The van der Waals surface area contributed by atoms with Crippen molar-refractivity contribution in [1.82, 2.24) is 5.16 Å². The molecular formula is C28H22N2O7. The van der Waals surface area contributed by atoms with Crippen LogP contribution in [0.15, 0.2) is 76.8 Å². The third-order valence-electron chi connectivity index (χ3n) is 6.28. The lowest BCUT2D eigenvalue weighted by Crippen LogP contribution is -2.29.